The molecule has 2 fully saturated rings. The highest BCUT2D eigenvalue weighted by Gasteiger charge is 2.70. The summed E-state index contributed by atoms with van der Waals surface area (Å²) in [6, 6.07) is -0.0761. The van der Waals surface area contributed by atoms with Gasteiger partial charge in [0.05, 0.1) is 17.8 Å². The second-order valence-corrected chi connectivity index (χ2v) is 4.51. The first-order valence-corrected chi connectivity index (χ1v) is 5.28. The van der Waals surface area contributed by atoms with Crippen molar-refractivity contribution in [2.24, 2.45) is 23.5 Å². The van der Waals surface area contributed by atoms with Crippen LogP contribution >= 0.6 is 0 Å². The molecule has 1 aliphatic carbocycles. The van der Waals surface area contributed by atoms with Gasteiger partial charge in [-0.1, -0.05) is 0 Å². The Morgan fingerprint density at radius 2 is 1.94 bits per heavy atom. The lowest BCUT2D eigenvalue weighted by atomic mass is 10.2. The van der Waals surface area contributed by atoms with Gasteiger partial charge in [0.1, 0.15) is 0 Å². The van der Waals surface area contributed by atoms with E-state index in [1.54, 1.807) is 6.92 Å². The fraction of sp³-hybridized carbons (Fsp3) is 0.700. The minimum Gasteiger partial charge on any atom is -0.481 e. The van der Waals surface area contributed by atoms with Gasteiger partial charge in [-0.2, -0.15) is 0 Å². The number of carboxylic acid groups (broad SMARTS) is 1. The topological polar surface area (TPSA) is 101 Å². The van der Waals surface area contributed by atoms with Crippen molar-refractivity contribution in [3.8, 4) is 0 Å². The number of imide groups is 1. The summed E-state index contributed by atoms with van der Waals surface area (Å²) in [5.74, 6) is -3.75. The van der Waals surface area contributed by atoms with Gasteiger partial charge in [0.15, 0.2) is 0 Å². The number of hydrogen-bond acceptors (Lipinski definition) is 4. The number of carboxylic acids is 1. The third-order valence-corrected chi connectivity index (χ3v) is 3.22. The van der Waals surface area contributed by atoms with Crippen LogP contribution in [0, 0.1) is 17.8 Å². The lowest BCUT2D eigenvalue weighted by molar-refractivity contribution is -0.148. The van der Waals surface area contributed by atoms with E-state index in [1.165, 1.54) is 0 Å². The van der Waals surface area contributed by atoms with Crippen molar-refractivity contribution in [1.82, 2.24) is 4.90 Å². The SMILES string of the molecule is CC(N)CCN1C(=O)C2C(C(=O)O)C2C1=O. The van der Waals surface area contributed by atoms with Gasteiger partial charge in [0, 0.05) is 12.6 Å². The van der Waals surface area contributed by atoms with Crippen LogP contribution in [0.15, 0.2) is 0 Å². The number of rotatable bonds is 4. The zero-order valence-corrected chi connectivity index (χ0v) is 8.92. The van der Waals surface area contributed by atoms with Crippen LogP contribution in [-0.2, 0) is 14.4 Å². The molecule has 1 heterocycles. The van der Waals surface area contributed by atoms with Crippen molar-refractivity contribution in [3.05, 3.63) is 0 Å². The van der Waals surface area contributed by atoms with Crippen LogP contribution in [0.4, 0.5) is 0 Å². The highest BCUT2D eigenvalue weighted by atomic mass is 16.4. The first-order chi connectivity index (χ1) is 7.45. The van der Waals surface area contributed by atoms with Crippen LogP contribution in [0.3, 0.4) is 0 Å². The Bertz CT molecular complexity index is 344. The molecule has 0 aromatic carbocycles. The van der Waals surface area contributed by atoms with E-state index in [1.807, 2.05) is 0 Å². The molecule has 2 rings (SSSR count). The highest BCUT2D eigenvalue weighted by Crippen LogP contribution is 2.53. The number of carbonyl (C=O) groups excluding carboxylic acids is 2. The fourth-order valence-electron chi connectivity index (χ4n) is 2.25. The average molecular weight is 226 g/mol. The molecule has 2 aliphatic rings. The van der Waals surface area contributed by atoms with Gasteiger partial charge in [-0.05, 0) is 13.3 Å². The molecule has 16 heavy (non-hydrogen) atoms. The Labute approximate surface area is 92.4 Å². The Hall–Kier alpha value is -1.43. The molecule has 0 radical (unpaired) electrons. The van der Waals surface area contributed by atoms with Crippen molar-refractivity contribution in [3.63, 3.8) is 0 Å². The molecule has 0 bridgehead atoms. The van der Waals surface area contributed by atoms with Crippen LogP contribution in [0.2, 0.25) is 0 Å². The number of aliphatic carboxylic acids is 1. The van der Waals surface area contributed by atoms with E-state index < -0.39 is 23.7 Å². The van der Waals surface area contributed by atoms with Gasteiger partial charge >= 0.3 is 5.97 Å². The van der Waals surface area contributed by atoms with Gasteiger partial charge in [-0.3, -0.25) is 19.3 Å². The van der Waals surface area contributed by atoms with E-state index in [2.05, 4.69) is 0 Å². The maximum atomic E-state index is 11.7. The standard InChI is InChI=1S/C10H14N2O4/c1-4(11)2-3-12-8(13)5-6(9(12)14)7(5)10(15)16/h4-7H,2-3,11H2,1H3,(H,15,16). The predicted molar refractivity (Wildman–Crippen MR) is 53.1 cm³/mol. The van der Waals surface area contributed by atoms with E-state index in [4.69, 9.17) is 10.8 Å². The minimum atomic E-state index is -1.05. The Kier molecular flexibility index (Phi) is 2.46. The minimum absolute atomic E-state index is 0.0761. The van der Waals surface area contributed by atoms with E-state index in [-0.39, 0.29) is 17.9 Å². The van der Waals surface area contributed by atoms with E-state index >= 15 is 0 Å². The lowest BCUT2D eigenvalue weighted by Gasteiger charge is -2.18. The third-order valence-electron chi connectivity index (χ3n) is 3.22. The Morgan fingerprint density at radius 3 is 2.31 bits per heavy atom. The second kappa shape index (κ2) is 3.55. The normalized spacial score (nSPS) is 33.9. The quantitative estimate of drug-likeness (QED) is 0.601. The molecular weight excluding hydrogens is 212 g/mol. The summed E-state index contributed by atoms with van der Waals surface area (Å²) in [5.41, 5.74) is 5.54. The summed E-state index contributed by atoms with van der Waals surface area (Å²) in [6.07, 6.45) is 0.550. The van der Waals surface area contributed by atoms with Crippen LogP contribution < -0.4 is 5.73 Å². The number of piperidine rings is 1. The van der Waals surface area contributed by atoms with Gasteiger partial charge in [-0.15, -0.1) is 0 Å². The Balaban J connectivity index is 2.00. The maximum Gasteiger partial charge on any atom is 0.308 e. The van der Waals surface area contributed by atoms with Crippen LogP contribution in [0.25, 0.3) is 0 Å². The van der Waals surface area contributed by atoms with Crippen molar-refractivity contribution in [2.45, 2.75) is 19.4 Å². The molecule has 88 valence electrons. The van der Waals surface area contributed by atoms with E-state index in [0.717, 1.165) is 4.90 Å². The van der Waals surface area contributed by atoms with Crippen molar-refractivity contribution in [2.75, 3.05) is 6.54 Å². The van der Waals surface area contributed by atoms with Crippen LogP contribution in [0.1, 0.15) is 13.3 Å². The summed E-state index contributed by atoms with van der Waals surface area (Å²) < 4.78 is 0. The molecule has 3 N–H and O–H groups in total. The summed E-state index contributed by atoms with van der Waals surface area (Å²) in [7, 11) is 0. The molecule has 1 saturated carbocycles. The summed E-state index contributed by atoms with van der Waals surface area (Å²) in [6.45, 7) is 2.10. The fourth-order valence-corrected chi connectivity index (χ4v) is 2.25. The van der Waals surface area contributed by atoms with Gasteiger partial charge in [-0.25, -0.2) is 0 Å². The zero-order valence-electron chi connectivity index (χ0n) is 8.92. The summed E-state index contributed by atoms with van der Waals surface area (Å²) in [4.78, 5) is 35.2. The molecule has 1 saturated heterocycles. The zero-order chi connectivity index (χ0) is 12.0. The number of carbonyl (C=O) groups is 3. The first kappa shape index (κ1) is 11.1. The third kappa shape index (κ3) is 1.49. The molecule has 6 nitrogen and oxygen atoms in total. The number of nitrogens with two attached hydrogens (primary N) is 1. The smallest absolute Gasteiger partial charge is 0.308 e. The molecule has 3 unspecified atom stereocenters. The maximum absolute atomic E-state index is 11.7. The molecule has 0 aromatic heterocycles. The lowest BCUT2D eigenvalue weighted by Crippen LogP contribution is -2.38. The predicted octanol–water partition coefficient (Wildman–Crippen LogP) is -0.961. The summed E-state index contributed by atoms with van der Waals surface area (Å²) >= 11 is 0. The molecule has 1 aliphatic heterocycles. The molecule has 2 amide bonds. The largest absolute Gasteiger partial charge is 0.481 e. The van der Waals surface area contributed by atoms with Gasteiger partial charge < -0.3 is 10.8 Å². The number of likely N-dealkylation sites (tertiary alicyclic amines) is 1. The Morgan fingerprint density at radius 1 is 1.44 bits per heavy atom. The van der Waals surface area contributed by atoms with E-state index in [0.29, 0.717) is 13.0 Å². The van der Waals surface area contributed by atoms with Crippen molar-refractivity contribution < 1.29 is 19.5 Å². The molecular formula is C10H14N2O4. The van der Waals surface area contributed by atoms with Crippen molar-refractivity contribution in [1.29, 1.82) is 0 Å². The van der Waals surface area contributed by atoms with Gasteiger partial charge in [0.2, 0.25) is 11.8 Å². The highest BCUT2D eigenvalue weighted by molar-refractivity contribution is 6.13. The molecule has 6 heteroatoms. The molecule has 0 spiro atoms. The van der Waals surface area contributed by atoms with Crippen molar-refractivity contribution >= 4 is 17.8 Å². The number of hydrogen-bond donors (Lipinski definition) is 2. The average Bonchev–Trinajstić information content (AvgIpc) is 2.85. The molecule has 3 atom stereocenters. The van der Waals surface area contributed by atoms with Gasteiger partial charge in [0.25, 0.3) is 0 Å². The first-order valence-electron chi connectivity index (χ1n) is 5.28. The number of fused-ring (bicyclic) bond motifs is 1. The number of nitrogens with zero attached hydrogens (tertiary/aromatic N) is 1. The molecule has 0 aromatic rings. The van der Waals surface area contributed by atoms with Crippen LogP contribution in [-0.4, -0.2) is 40.4 Å². The second-order valence-electron chi connectivity index (χ2n) is 4.51. The van der Waals surface area contributed by atoms with E-state index in [9.17, 15) is 14.4 Å². The number of amides is 2. The monoisotopic (exact) mass is 226 g/mol. The summed E-state index contributed by atoms with van der Waals surface area (Å²) in [5, 5.41) is 8.76. The van der Waals surface area contributed by atoms with Crippen LogP contribution in [0.5, 0.6) is 0 Å².